The highest BCUT2D eigenvalue weighted by Gasteiger charge is 2.14. The van der Waals surface area contributed by atoms with Gasteiger partial charge in [0.2, 0.25) is 0 Å². The average Bonchev–Trinajstić information content (AvgIpc) is 2.82. The molecule has 0 amide bonds. The van der Waals surface area contributed by atoms with Crippen LogP contribution in [0.3, 0.4) is 0 Å². The van der Waals surface area contributed by atoms with Gasteiger partial charge in [-0.25, -0.2) is 9.97 Å². The van der Waals surface area contributed by atoms with Crippen molar-refractivity contribution < 1.29 is 0 Å². The van der Waals surface area contributed by atoms with Crippen LogP contribution in [0.4, 0.5) is 0 Å². The minimum Gasteiger partial charge on any atom is -0.316 e. The maximum absolute atomic E-state index is 4.54. The minimum atomic E-state index is 0.742. The molecule has 0 fully saturated rings. The van der Waals surface area contributed by atoms with E-state index in [-0.39, 0.29) is 0 Å². The van der Waals surface area contributed by atoms with E-state index in [0.717, 1.165) is 46.9 Å². The molecule has 0 spiro atoms. The lowest BCUT2D eigenvalue weighted by molar-refractivity contribution is 0.734. The van der Waals surface area contributed by atoms with Crippen LogP contribution in [0.5, 0.6) is 0 Å². The van der Waals surface area contributed by atoms with Gasteiger partial charge in [0, 0.05) is 35.6 Å². The summed E-state index contributed by atoms with van der Waals surface area (Å²) in [5, 5.41) is 7.70. The number of pyridine rings is 1. The van der Waals surface area contributed by atoms with Crippen molar-refractivity contribution in [3.63, 3.8) is 0 Å². The van der Waals surface area contributed by atoms with Crippen molar-refractivity contribution in [3.05, 3.63) is 33.9 Å². The molecule has 0 unspecified atom stereocenters. The summed E-state index contributed by atoms with van der Waals surface area (Å²) in [5.74, 6) is 2.66. The van der Waals surface area contributed by atoms with Crippen LogP contribution in [0.15, 0.2) is 16.7 Å². The van der Waals surface area contributed by atoms with Gasteiger partial charge in [0.05, 0.1) is 0 Å². The average molecular weight is 324 g/mol. The van der Waals surface area contributed by atoms with Crippen molar-refractivity contribution in [2.24, 2.45) is 0 Å². The quantitative estimate of drug-likeness (QED) is 0.917. The smallest absolute Gasteiger partial charge is 0.160 e. The first kappa shape index (κ1) is 14.1. The lowest BCUT2D eigenvalue weighted by atomic mass is 10.2. The van der Waals surface area contributed by atoms with Crippen molar-refractivity contribution >= 4 is 15.9 Å². The van der Waals surface area contributed by atoms with Crippen LogP contribution in [0.2, 0.25) is 0 Å². The first-order chi connectivity index (χ1) is 9.19. The summed E-state index contributed by atoms with van der Waals surface area (Å²) in [7, 11) is 1.92. The van der Waals surface area contributed by atoms with Crippen LogP contribution in [-0.2, 0) is 19.4 Å². The van der Waals surface area contributed by atoms with Crippen molar-refractivity contribution in [3.8, 4) is 5.82 Å². The largest absolute Gasteiger partial charge is 0.316 e. The molecule has 0 atom stereocenters. The molecule has 0 bridgehead atoms. The third kappa shape index (κ3) is 3.01. The van der Waals surface area contributed by atoms with E-state index in [1.807, 2.05) is 11.7 Å². The Bertz CT molecular complexity index is 564. The van der Waals surface area contributed by atoms with Crippen LogP contribution in [0.25, 0.3) is 5.82 Å². The zero-order valence-corrected chi connectivity index (χ0v) is 13.0. The molecule has 19 heavy (non-hydrogen) atoms. The summed E-state index contributed by atoms with van der Waals surface area (Å²) >= 11 is 3.46. The van der Waals surface area contributed by atoms with E-state index in [0.29, 0.717) is 0 Å². The Balaban J connectivity index is 2.53. The molecular formula is C13H18BrN5. The highest BCUT2D eigenvalue weighted by molar-refractivity contribution is 9.10. The maximum Gasteiger partial charge on any atom is 0.160 e. The molecule has 0 saturated carbocycles. The number of hydrogen-bond donors (Lipinski definition) is 1. The van der Waals surface area contributed by atoms with Gasteiger partial charge in [-0.2, -0.15) is 4.68 Å². The normalized spacial score (nSPS) is 10.9. The van der Waals surface area contributed by atoms with Gasteiger partial charge in [0.25, 0.3) is 0 Å². The molecular weight excluding hydrogens is 306 g/mol. The van der Waals surface area contributed by atoms with Gasteiger partial charge in [0.1, 0.15) is 5.82 Å². The van der Waals surface area contributed by atoms with E-state index in [1.54, 1.807) is 6.20 Å². The first-order valence-corrected chi connectivity index (χ1v) is 7.23. The maximum atomic E-state index is 4.54. The Morgan fingerprint density at radius 3 is 2.74 bits per heavy atom. The van der Waals surface area contributed by atoms with E-state index in [1.165, 1.54) is 0 Å². The molecule has 0 aliphatic rings. The predicted octanol–water partition coefficient (Wildman–Crippen LogP) is 2.27. The molecule has 0 aliphatic heterocycles. The van der Waals surface area contributed by atoms with Gasteiger partial charge in [-0.05, 0) is 29.0 Å². The van der Waals surface area contributed by atoms with Crippen LogP contribution in [0, 0.1) is 0 Å². The predicted molar refractivity (Wildman–Crippen MR) is 78.4 cm³/mol. The Morgan fingerprint density at radius 2 is 2.11 bits per heavy atom. The van der Waals surface area contributed by atoms with Crippen LogP contribution in [0.1, 0.15) is 31.1 Å². The van der Waals surface area contributed by atoms with Crippen LogP contribution >= 0.6 is 15.9 Å². The van der Waals surface area contributed by atoms with Gasteiger partial charge in [-0.1, -0.05) is 13.8 Å². The van der Waals surface area contributed by atoms with Gasteiger partial charge in [-0.3, -0.25) is 0 Å². The van der Waals surface area contributed by atoms with Gasteiger partial charge >= 0.3 is 0 Å². The SMILES string of the molecule is CCc1nc(CC)n(-c2ncc(Br)cc2CNC)n1. The fourth-order valence-corrected chi connectivity index (χ4v) is 2.30. The van der Waals surface area contributed by atoms with Crippen LogP contribution in [-0.4, -0.2) is 26.8 Å². The summed E-state index contributed by atoms with van der Waals surface area (Å²) in [4.78, 5) is 9.02. The summed E-state index contributed by atoms with van der Waals surface area (Å²) in [5.41, 5.74) is 1.10. The zero-order valence-electron chi connectivity index (χ0n) is 11.4. The standard InChI is InChI=1S/C13H18BrN5/c1-4-11-17-12(5-2)19(18-11)13-9(7-15-3)6-10(14)8-16-13/h6,8,15H,4-5,7H2,1-3H3. The number of halogens is 1. The van der Waals surface area contributed by atoms with Gasteiger partial charge in [0.15, 0.2) is 11.6 Å². The zero-order chi connectivity index (χ0) is 13.8. The second kappa shape index (κ2) is 6.25. The van der Waals surface area contributed by atoms with E-state index in [9.17, 15) is 0 Å². The third-order valence-electron chi connectivity index (χ3n) is 2.83. The van der Waals surface area contributed by atoms with Gasteiger partial charge < -0.3 is 5.32 Å². The highest BCUT2D eigenvalue weighted by Crippen LogP contribution is 2.18. The molecule has 2 aromatic heterocycles. The van der Waals surface area contributed by atoms with E-state index < -0.39 is 0 Å². The van der Waals surface area contributed by atoms with Gasteiger partial charge in [-0.15, -0.1) is 5.10 Å². The molecule has 0 aliphatic carbocycles. The number of aryl methyl sites for hydroxylation is 2. The Morgan fingerprint density at radius 1 is 1.32 bits per heavy atom. The number of hydrogen-bond acceptors (Lipinski definition) is 4. The van der Waals surface area contributed by atoms with E-state index in [2.05, 4.69) is 56.2 Å². The van der Waals surface area contributed by atoms with Crippen LogP contribution < -0.4 is 5.32 Å². The van der Waals surface area contributed by atoms with Crippen molar-refractivity contribution in [2.45, 2.75) is 33.2 Å². The fraction of sp³-hybridized carbons (Fsp3) is 0.462. The number of nitrogens with one attached hydrogen (secondary N) is 1. The lowest BCUT2D eigenvalue weighted by Crippen LogP contribution is -2.13. The molecule has 1 N–H and O–H groups in total. The molecule has 102 valence electrons. The molecule has 0 radical (unpaired) electrons. The highest BCUT2D eigenvalue weighted by atomic mass is 79.9. The summed E-state index contributed by atoms with van der Waals surface area (Å²) < 4.78 is 2.83. The lowest BCUT2D eigenvalue weighted by Gasteiger charge is -2.10. The first-order valence-electron chi connectivity index (χ1n) is 6.43. The molecule has 2 rings (SSSR count). The van der Waals surface area contributed by atoms with Crippen molar-refractivity contribution in [1.29, 1.82) is 0 Å². The van der Waals surface area contributed by atoms with E-state index in [4.69, 9.17) is 0 Å². The third-order valence-corrected chi connectivity index (χ3v) is 3.26. The monoisotopic (exact) mass is 323 g/mol. The van der Waals surface area contributed by atoms with Crippen molar-refractivity contribution in [1.82, 2.24) is 25.1 Å². The fourth-order valence-electron chi connectivity index (χ4n) is 1.93. The second-order valence-electron chi connectivity index (χ2n) is 4.23. The summed E-state index contributed by atoms with van der Waals surface area (Å²) in [6.07, 6.45) is 3.46. The molecule has 0 aromatic carbocycles. The van der Waals surface area contributed by atoms with Crippen molar-refractivity contribution in [2.75, 3.05) is 7.05 Å². The number of aromatic nitrogens is 4. The molecule has 6 heteroatoms. The minimum absolute atomic E-state index is 0.742. The molecule has 2 aromatic rings. The molecule has 0 saturated heterocycles. The second-order valence-corrected chi connectivity index (χ2v) is 5.15. The Kier molecular flexibility index (Phi) is 4.66. The Labute approximate surface area is 121 Å². The number of rotatable bonds is 5. The Hall–Kier alpha value is -1.27. The topological polar surface area (TPSA) is 55.6 Å². The summed E-state index contributed by atoms with van der Waals surface area (Å²) in [6, 6.07) is 2.06. The molecule has 2 heterocycles. The molecule has 5 nitrogen and oxygen atoms in total. The number of nitrogens with zero attached hydrogens (tertiary/aromatic N) is 4. The van der Waals surface area contributed by atoms with E-state index >= 15 is 0 Å². The summed E-state index contributed by atoms with van der Waals surface area (Å²) in [6.45, 7) is 4.88.